The van der Waals surface area contributed by atoms with Crippen molar-refractivity contribution in [3.05, 3.63) is 59.2 Å². The largest absolute Gasteiger partial charge is 0.302 e. The number of carbonyl (C=O) groups excluding carboxylic acids is 3. The summed E-state index contributed by atoms with van der Waals surface area (Å²) in [5.74, 6) is -0.986. The molecule has 0 saturated carbocycles. The Balaban J connectivity index is 1.41. The summed E-state index contributed by atoms with van der Waals surface area (Å²) in [6.45, 7) is 2.03. The highest BCUT2D eigenvalue weighted by Gasteiger charge is 2.34. The number of aryl methyl sites for hydroxylation is 1. The molecular formula is C19H15N3O3S. The summed E-state index contributed by atoms with van der Waals surface area (Å²) in [6.07, 6.45) is 0.0282. The van der Waals surface area contributed by atoms with E-state index in [0.29, 0.717) is 16.3 Å². The Bertz CT molecular complexity index is 1020. The molecule has 0 saturated heterocycles. The molecule has 1 aliphatic rings. The maximum Gasteiger partial charge on any atom is 0.261 e. The van der Waals surface area contributed by atoms with E-state index in [1.807, 2.05) is 25.1 Å². The number of nitrogens with zero attached hydrogens (tertiary/aromatic N) is 2. The van der Waals surface area contributed by atoms with Gasteiger partial charge in [0.2, 0.25) is 5.91 Å². The first-order valence-corrected chi connectivity index (χ1v) is 8.97. The number of hydrogen-bond donors (Lipinski definition) is 1. The normalized spacial score (nSPS) is 13.3. The van der Waals surface area contributed by atoms with Crippen LogP contribution in [-0.4, -0.2) is 34.2 Å². The van der Waals surface area contributed by atoms with Gasteiger partial charge in [-0.05, 0) is 36.8 Å². The van der Waals surface area contributed by atoms with Crippen molar-refractivity contribution in [2.75, 3.05) is 11.9 Å². The standard InChI is InChI=1S/C19H15N3O3S/c1-11-6-7-15-14(10-11)20-19(26-15)21-16(23)8-9-22-17(24)12-4-2-3-5-13(12)18(22)25/h2-7,10H,8-9H2,1H3,(H,20,21,23). The van der Waals surface area contributed by atoms with Crippen LogP contribution >= 0.6 is 11.3 Å². The van der Waals surface area contributed by atoms with E-state index in [1.54, 1.807) is 24.3 Å². The highest BCUT2D eigenvalue weighted by molar-refractivity contribution is 7.22. The number of hydrogen-bond acceptors (Lipinski definition) is 5. The molecule has 6 nitrogen and oxygen atoms in total. The second kappa shape index (κ2) is 6.34. The summed E-state index contributed by atoms with van der Waals surface area (Å²) in [6, 6.07) is 12.6. The lowest BCUT2D eigenvalue weighted by Gasteiger charge is -2.12. The molecule has 3 amide bonds. The van der Waals surface area contributed by atoms with Gasteiger partial charge in [0.05, 0.1) is 21.3 Å². The van der Waals surface area contributed by atoms with Crippen LogP contribution < -0.4 is 5.32 Å². The SMILES string of the molecule is Cc1ccc2sc(NC(=O)CCN3C(=O)c4ccccc4C3=O)nc2c1. The average molecular weight is 365 g/mol. The Labute approximate surface area is 153 Å². The molecule has 1 aromatic heterocycles. The lowest BCUT2D eigenvalue weighted by atomic mass is 10.1. The summed E-state index contributed by atoms with van der Waals surface area (Å²) in [5.41, 5.74) is 2.72. The molecule has 0 radical (unpaired) electrons. The van der Waals surface area contributed by atoms with Crippen molar-refractivity contribution in [2.24, 2.45) is 0 Å². The fraction of sp³-hybridized carbons (Fsp3) is 0.158. The van der Waals surface area contributed by atoms with Crippen molar-refractivity contribution in [1.29, 1.82) is 0 Å². The van der Waals surface area contributed by atoms with Gasteiger partial charge in [0.15, 0.2) is 5.13 Å². The minimum absolute atomic E-state index is 0.0282. The quantitative estimate of drug-likeness (QED) is 0.720. The number of fused-ring (bicyclic) bond motifs is 2. The second-order valence-corrected chi connectivity index (χ2v) is 7.13. The molecule has 26 heavy (non-hydrogen) atoms. The van der Waals surface area contributed by atoms with Gasteiger partial charge in [-0.15, -0.1) is 0 Å². The van der Waals surface area contributed by atoms with Crippen LogP contribution in [0.5, 0.6) is 0 Å². The summed E-state index contributed by atoms with van der Waals surface area (Å²) < 4.78 is 0.992. The first kappa shape index (κ1) is 16.4. The second-order valence-electron chi connectivity index (χ2n) is 6.10. The predicted molar refractivity (Wildman–Crippen MR) is 99.4 cm³/mol. The van der Waals surface area contributed by atoms with Gasteiger partial charge in [0.1, 0.15) is 0 Å². The van der Waals surface area contributed by atoms with E-state index in [0.717, 1.165) is 20.7 Å². The van der Waals surface area contributed by atoms with Gasteiger partial charge in [-0.25, -0.2) is 4.98 Å². The van der Waals surface area contributed by atoms with Crippen molar-refractivity contribution in [2.45, 2.75) is 13.3 Å². The molecule has 0 fully saturated rings. The zero-order valence-electron chi connectivity index (χ0n) is 14.0. The van der Waals surface area contributed by atoms with Gasteiger partial charge in [0, 0.05) is 13.0 Å². The van der Waals surface area contributed by atoms with Crippen LogP contribution in [0.1, 0.15) is 32.7 Å². The summed E-state index contributed by atoms with van der Waals surface area (Å²) in [7, 11) is 0. The molecule has 0 atom stereocenters. The van der Waals surface area contributed by atoms with Crippen LogP contribution in [0.3, 0.4) is 0 Å². The summed E-state index contributed by atoms with van der Waals surface area (Å²) >= 11 is 1.39. The lowest BCUT2D eigenvalue weighted by Crippen LogP contribution is -2.32. The van der Waals surface area contributed by atoms with Crippen LogP contribution in [0.4, 0.5) is 5.13 Å². The van der Waals surface area contributed by atoms with Crippen molar-refractivity contribution in [3.63, 3.8) is 0 Å². The number of benzene rings is 2. The molecule has 0 aliphatic carbocycles. The third kappa shape index (κ3) is 2.86. The Kier molecular flexibility index (Phi) is 4.00. The molecule has 2 heterocycles. The van der Waals surface area contributed by atoms with Crippen molar-refractivity contribution in [1.82, 2.24) is 9.88 Å². The minimum Gasteiger partial charge on any atom is -0.302 e. The van der Waals surface area contributed by atoms with Crippen LogP contribution in [0.2, 0.25) is 0 Å². The zero-order chi connectivity index (χ0) is 18.3. The molecular weight excluding hydrogens is 350 g/mol. The highest BCUT2D eigenvalue weighted by Crippen LogP contribution is 2.27. The van der Waals surface area contributed by atoms with E-state index in [1.165, 1.54) is 11.3 Å². The number of carbonyl (C=O) groups is 3. The maximum atomic E-state index is 12.3. The fourth-order valence-corrected chi connectivity index (χ4v) is 3.79. The van der Waals surface area contributed by atoms with Gasteiger partial charge in [-0.2, -0.15) is 0 Å². The first-order chi connectivity index (χ1) is 12.5. The van der Waals surface area contributed by atoms with Gasteiger partial charge >= 0.3 is 0 Å². The number of anilines is 1. The van der Waals surface area contributed by atoms with E-state index in [4.69, 9.17) is 0 Å². The van der Waals surface area contributed by atoms with Crippen LogP contribution in [0, 0.1) is 6.92 Å². The Morgan fingerprint density at radius 2 is 1.81 bits per heavy atom. The van der Waals surface area contributed by atoms with Crippen molar-refractivity contribution in [3.8, 4) is 0 Å². The number of imide groups is 1. The molecule has 0 unspecified atom stereocenters. The number of nitrogens with one attached hydrogen (secondary N) is 1. The molecule has 0 bridgehead atoms. The monoisotopic (exact) mass is 365 g/mol. The highest BCUT2D eigenvalue weighted by atomic mass is 32.1. The Morgan fingerprint density at radius 1 is 1.12 bits per heavy atom. The summed E-state index contributed by atoms with van der Waals surface area (Å²) in [4.78, 5) is 42.3. The maximum absolute atomic E-state index is 12.3. The molecule has 4 rings (SSSR count). The molecule has 2 aromatic carbocycles. The molecule has 0 spiro atoms. The van der Waals surface area contributed by atoms with Crippen molar-refractivity contribution < 1.29 is 14.4 Å². The molecule has 130 valence electrons. The molecule has 1 aliphatic heterocycles. The van der Waals surface area contributed by atoms with E-state index in [9.17, 15) is 14.4 Å². The van der Waals surface area contributed by atoms with Crippen LogP contribution in [-0.2, 0) is 4.79 Å². The average Bonchev–Trinajstić information content (AvgIpc) is 3.12. The number of amides is 3. The van der Waals surface area contributed by atoms with E-state index < -0.39 is 0 Å². The third-order valence-corrected chi connectivity index (χ3v) is 5.18. The third-order valence-electron chi connectivity index (χ3n) is 4.23. The number of thiazole rings is 1. The molecule has 1 N–H and O–H groups in total. The van der Waals surface area contributed by atoms with E-state index in [2.05, 4.69) is 10.3 Å². The van der Waals surface area contributed by atoms with E-state index in [-0.39, 0.29) is 30.7 Å². The Hall–Kier alpha value is -3.06. The van der Waals surface area contributed by atoms with Gasteiger partial charge in [0.25, 0.3) is 11.8 Å². The number of rotatable bonds is 4. The van der Waals surface area contributed by atoms with Crippen molar-refractivity contribution >= 4 is 44.4 Å². The molecule has 3 aromatic rings. The topological polar surface area (TPSA) is 79.4 Å². The fourth-order valence-electron chi connectivity index (χ4n) is 2.93. The van der Waals surface area contributed by atoms with Gasteiger partial charge in [-0.1, -0.05) is 29.5 Å². The van der Waals surface area contributed by atoms with Gasteiger partial charge < -0.3 is 5.32 Å². The Morgan fingerprint density at radius 3 is 2.50 bits per heavy atom. The predicted octanol–water partition coefficient (Wildman–Crippen LogP) is 3.23. The minimum atomic E-state index is -0.353. The zero-order valence-corrected chi connectivity index (χ0v) is 14.8. The number of aromatic nitrogens is 1. The van der Waals surface area contributed by atoms with Crippen LogP contribution in [0.25, 0.3) is 10.2 Å². The van der Waals surface area contributed by atoms with Gasteiger partial charge in [-0.3, -0.25) is 19.3 Å². The smallest absolute Gasteiger partial charge is 0.261 e. The van der Waals surface area contributed by atoms with Crippen LogP contribution in [0.15, 0.2) is 42.5 Å². The summed E-state index contributed by atoms with van der Waals surface area (Å²) in [5, 5.41) is 3.26. The lowest BCUT2D eigenvalue weighted by molar-refractivity contribution is -0.116. The molecule has 7 heteroatoms. The first-order valence-electron chi connectivity index (χ1n) is 8.15. The van der Waals surface area contributed by atoms with E-state index >= 15 is 0 Å².